The Hall–Kier alpha value is -1.28. The van der Waals surface area contributed by atoms with E-state index in [2.05, 4.69) is 42.2 Å². The number of rotatable bonds is 8. The topological polar surface area (TPSA) is 25.0 Å². The fourth-order valence-electron chi connectivity index (χ4n) is 2.14. The van der Waals surface area contributed by atoms with Gasteiger partial charge in [0.25, 0.3) is 0 Å². The van der Waals surface area contributed by atoms with Crippen molar-refractivity contribution in [2.45, 2.75) is 39.0 Å². The van der Waals surface area contributed by atoms with Crippen LogP contribution in [0.2, 0.25) is 0 Å². The second kappa shape index (κ2) is 7.22. The first kappa shape index (κ1) is 13.2. The van der Waals surface area contributed by atoms with Gasteiger partial charge in [0.05, 0.1) is 0 Å². The minimum atomic E-state index is 0.903. The monoisotopic (exact) mass is 245 g/mol. The van der Waals surface area contributed by atoms with Gasteiger partial charge in [-0.15, -0.1) is 0 Å². The Kier molecular flexibility index (Phi) is 5.28. The molecule has 2 heteroatoms. The number of hydrogen-bond donors (Lipinski definition) is 1. The van der Waals surface area contributed by atoms with Crippen molar-refractivity contribution >= 4 is 10.9 Å². The fraction of sp³-hybridized carbons (Fsp3) is 0.500. The van der Waals surface area contributed by atoms with Crippen molar-refractivity contribution in [2.24, 2.45) is 0 Å². The van der Waals surface area contributed by atoms with Crippen molar-refractivity contribution < 1.29 is 4.74 Å². The minimum absolute atomic E-state index is 0.903. The quantitative estimate of drug-likeness (QED) is 0.689. The first-order chi connectivity index (χ1) is 8.90. The van der Waals surface area contributed by atoms with Crippen LogP contribution in [0.3, 0.4) is 0 Å². The lowest BCUT2D eigenvalue weighted by Crippen LogP contribution is -1.97. The molecular weight excluding hydrogens is 222 g/mol. The number of fused-ring (bicyclic) bond motifs is 1. The van der Waals surface area contributed by atoms with E-state index in [0.29, 0.717) is 0 Å². The maximum atomic E-state index is 5.56. The molecule has 0 aliphatic heterocycles. The van der Waals surface area contributed by atoms with Crippen molar-refractivity contribution in [3.63, 3.8) is 0 Å². The second-order valence-electron chi connectivity index (χ2n) is 4.80. The molecule has 1 heterocycles. The summed E-state index contributed by atoms with van der Waals surface area (Å²) in [6.07, 6.45) is 5.86. The molecule has 0 unspecified atom stereocenters. The number of unbranched alkanes of at least 4 members (excludes halogenated alkanes) is 2. The van der Waals surface area contributed by atoms with Crippen molar-refractivity contribution in [2.75, 3.05) is 13.2 Å². The average molecular weight is 245 g/mol. The van der Waals surface area contributed by atoms with E-state index in [9.17, 15) is 0 Å². The van der Waals surface area contributed by atoms with Gasteiger partial charge in [0.2, 0.25) is 0 Å². The number of ether oxygens (including phenoxy) is 1. The van der Waals surface area contributed by atoms with E-state index in [1.807, 2.05) is 0 Å². The molecule has 2 aromatic rings. The largest absolute Gasteiger partial charge is 0.381 e. The van der Waals surface area contributed by atoms with E-state index in [1.165, 1.54) is 35.9 Å². The molecule has 2 nitrogen and oxygen atoms in total. The molecule has 1 aromatic heterocycles. The number of benzene rings is 1. The van der Waals surface area contributed by atoms with Crippen LogP contribution in [-0.4, -0.2) is 18.2 Å². The average Bonchev–Trinajstić information content (AvgIpc) is 2.80. The van der Waals surface area contributed by atoms with E-state index in [4.69, 9.17) is 4.74 Å². The third-order valence-corrected chi connectivity index (χ3v) is 3.21. The molecule has 0 spiro atoms. The molecular formula is C16H23NO. The van der Waals surface area contributed by atoms with Gasteiger partial charge in [-0.05, 0) is 43.2 Å². The fourth-order valence-corrected chi connectivity index (χ4v) is 2.14. The highest BCUT2D eigenvalue weighted by Gasteiger charge is 1.99. The van der Waals surface area contributed by atoms with Crippen LogP contribution in [0.1, 0.15) is 38.3 Å². The summed E-state index contributed by atoms with van der Waals surface area (Å²) in [5, 5.41) is 1.31. The molecule has 0 fully saturated rings. The predicted molar refractivity (Wildman–Crippen MR) is 77.0 cm³/mol. The van der Waals surface area contributed by atoms with E-state index < -0.39 is 0 Å². The summed E-state index contributed by atoms with van der Waals surface area (Å²) in [4.78, 5) is 3.47. The molecule has 0 amide bonds. The molecule has 0 aliphatic carbocycles. The van der Waals surface area contributed by atoms with Gasteiger partial charge in [0.15, 0.2) is 0 Å². The molecule has 18 heavy (non-hydrogen) atoms. The first-order valence-electron chi connectivity index (χ1n) is 7.04. The predicted octanol–water partition coefficient (Wildman–Crippen LogP) is 4.31. The zero-order valence-corrected chi connectivity index (χ0v) is 11.2. The Balaban J connectivity index is 1.67. The van der Waals surface area contributed by atoms with E-state index in [0.717, 1.165) is 26.1 Å². The Morgan fingerprint density at radius 1 is 1.06 bits per heavy atom. The van der Waals surface area contributed by atoms with Crippen molar-refractivity contribution in [3.05, 3.63) is 36.0 Å². The van der Waals surface area contributed by atoms with Gasteiger partial charge in [0, 0.05) is 24.4 Å². The summed E-state index contributed by atoms with van der Waals surface area (Å²) in [5.74, 6) is 0. The Labute approximate surface area is 109 Å². The third kappa shape index (κ3) is 3.88. The maximum Gasteiger partial charge on any atom is 0.0466 e. The van der Waals surface area contributed by atoms with Crippen LogP contribution in [-0.2, 0) is 11.2 Å². The highest BCUT2D eigenvalue weighted by atomic mass is 16.5. The van der Waals surface area contributed by atoms with Crippen molar-refractivity contribution in [3.8, 4) is 0 Å². The highest BCUT2D eigenvalue weighted by molar-refractivity contribution is 5.80. The van der Waals surface area contributed by atoms with Crippen molar-refractivity contribution in [1.29, 1.82) is 0 Å². The number of aryl methyl sites for hydroxylation is 1. The van der Waals surface area contributed by atoms with Gasteiger partial charge in [-0.1, -0.05) is 31.5 Å². The van der Waals surface area contributed by atoms with E-state index >= 15 is 0 Å². The lowest BCUT2D eigenvalue weighted by atomic mass is 10.2. The van der Waals surface area contributed by atoms with Gasteiger partial charge in [-0.25, -0.2) is 0 Å². The molecule has 0 saturated heterocycles. The zero-order valence-electron chi connectivity index (χ0n) is 11.2. The molecule has 0 bridgehead atoms. The smallest absolute Gasteiger partial charge is 0.0466 e. The van der Waals surface area contributed by atoms with Crippen molar-refractivity contribution in [1.82, 2.24) is 4.98 Å². The number of para-hydroxylation sites is 1. The van der Waals surface area contributed by atoms with Gasteiger partial charge in [0.1, 0.15) is 0 Å². The summed E-state index contributed by atoms with van der Waals surface area (Å²) in [5.41, 5.74) is 2.58. The number of H-pyrrole nitrogens is 1. The normalized spacial score (nSPS) is 11.2. The van der Waals surface area contributed by atoms with Crippen LogP contribution < -0.4 is 0 Å². The molecule has 0 aliphatic rings. The van der Waals surface area contributed by atoms with Crippen LogP contribution in [0.25, 0.3) is 10.9 Å². The van der Waals surface area contributed by atoms with Crippen LogP contribution >= 0.6 is 0 Å². The van der Waals surface area contributed by atoms with E-state index in [1.54, 1.807) is 0 Å². The van der Waals surface area contributed by atoms with Gasteiger partial charge in [-0.2, -0.15) is 0 Å². The number of aromatic nitrogens is 1. The zero-order chi connectivity index (χ0) is 12.6. The van der Waals surface area contributed by atoms with Crippen LogP contribution in [0.15, 0.2) is 30.3 Å². The van der Waals surface area contributed by atoms with Crippen LogP contribution in [0.4, 0.5) is 0 Å². The standard InChI is InChI=1S/C16H23NO/c1-2-3-11-18-12-7-6-9-15-13-14-8-4-5-10-16(14)17-15/h4-5,8,10,13,17H,2-3,6-7,9,11-12H2,1H3. The maximum absolute atomic E-state index is 5.56. The van der Waals surface area contributed by atoms with Crippen LogP contribution in [0.5, 0.6) is 0 Å². The lowest BCUT2D eigenvalue weighted by Gasteiger charge is -2.02. The summed E-state index contributed by atoms with van der Waals surface area (Å²) in [6, 6.07) is 10.7. The Morgan fingerprint density at radius 3 is 2.72 bits per heavy atom. The number of nitrogens with one attached hydrogen (secondary N) is 1. The summed E-state index contributed by atoms with van der Waals surface area (Å²) >= 11 is 0. The molecule has 1 aromatic carbocycles. The summed E-state index contributed by atoms with van der Waals surface area (Å²) in [6.45, 7) is 4.02. The molecule has 1 N–H and O–H groups in total. The first-order valence-corrected chi connectivity index (χ1v) is 7.04. The summed E-state index contributed by atoms with van der Waals surface area (Å²) in [7, 11) is 0. The number of hydrogen-bond acceptors (Lipinski definition) is 1. The molecule has 2 rings (SSSR count). The van der Waals surface area contributed by atoms with Gasteiger partial charge >= 0.3 is 0 Å². The molecule has 0 radical (unpaired) electrons. The van der Waals surface area contributed by atoms with Gasteiger partial charge < -0.3 is 9.72 Å². The SMILES string of the molecule is CCCCOCCCCc1cc2ccccc2[nH]1. The van der Waals surface area contributed by atoms with E-state index in [-0.39, 0.29) is 0 Å². The Morgan fingerprint density at radius 2 is 1.89 bits per heavy atom. The summed E-state index contributed by atoms with van der Waals surface area (Å²) < 4.78 is 5.56. The molecule has 98 valence electrons. The third-order valence-electron chi connectivity index (χ3n) is 3.21. The molecule has 0 saturated carbocycles. The van der Waals surface area contributed by atoms with Gasteiger partial charge in [-0.3, -0.25) is 0 Å². The minimum Gasteiger partial charge on any atom is -0.381 e. The highest BCUT2D eigenvalue weighted by Crippen LogP contribution is 2.16. The number of aromatic amines is 1. The molecule has 0 atom stereocenters. The second-order valence-corrected chi connectivity index (χ2v) is 4.80. The van der Waals surface area contributed by atoms with Crippen LogP contribution in [0, 0.1) is 0 Å². The lowest BCUT2D eigenvalue weighted by molar-refractivity contribution is 0.127. The Bertz CT molecular complexity index is 428.